The van der Waals surface area contributed by atoms with Crippen molar-refractivity contribution >= 4 is 38.6 Å². The van der Waals surface area contributed by atoms with Crippen LogP contribution < -0.4 is 14.9 Å². The van der Waals surface area contributed by atoms with Crippen LogP contribution in [0.2, 0.25) is 0 Å². The van der Waals surface area contributed by atoms with Crippen molar-refractivity contribution in [3.8, 4) is 5.75 Å². The minimum absolute atomic E-state index is 0.0141. The molecule has 0 saturated carbocycles. The van der Waals surface area contributed by atoms with E-state index in [1.54, 1.807) is 0 Å². The predicted molar refractivity (Wildman–Crippen MR) is 113 cm³/mol. The van der Waals surface area contributed by atoms with Gasteiger partial charge in [0.1, 0.15) is 17.9 Å². The number of fused-ring (bicyclic) bond motifs is 1. The Morgan fingerprint density at radius 2 is 2.00 bits per heavy atom. The molecule has 12 heteroatoms. The molecule has 1 fully saturated rings. The molecule has 4 rings (SSSR count). The Kier molecular flexibility index (Phi) is 5.61. The van der Waals surface area contributed by atoms with Crippen LogP contribution in [0.4, 0.5) is 10.2 Å². The largest absolute Gasteiger partial charge is 0.504 e. The lowest BCUT2D eigenvalue weighted by atomic mass is 10.2. The number of nitrogens with one attached hydrogen (secondary N) is 2. The number of hydrogen-bond donors (Lipinski definition) is 3. The first-order chi connectivity index (χ1) is 15.3. The van der Waals surface area contributed by atoms with E-state index in [1.807, 2.05) is 0 Å². The third-order valence-electron chi connectivity index (χ3n) is 4.84. The number of carbonyl (C=O) groups excluding carboxylic acids is 2. The number of pyridine rings is 2. The third kappa shape index (κ3) is 4.17. The first-order valence-electron chi connectivity index (χ1n) is 9.54. The molecule has 1 saturated heterocycles. The van der Waals surface area contributed by atoms with E-state index in [0.29, 0.717) is 5.56 Å². The highest BCUT2D eigenvalue weighted by Crippen LogP contribution is 2.33. The molecule has 0 radical (unpaired) electrons. The van der Waals surface area contributed by atoms with E-state index in [4.69, 9.17) is 0 Å². The lowest BCUT2D eigenvalue weighted by molar-refractivity contribution is -0.119. The number of nitrogens with zero attached hydrogens (tertiary/aromatic N) is 3. The molecular formula is C20H18FN5O5S. The molecular weight excluding hydrogens is 441 g/mol. The van der Waals surface area contributed by atoms with Crippen molar-refractivity contribution in [1.29, 1.82) is 0 Å². The lowest BCUT2D eigenvalue weighted by Crippen LogP contribution is -2.37. The summed E-state index contributed by atoms with van der Waals surface area (Å²) < 4.78 is 39.4. The summed E-state index contributed by atoms with van der Waals surface area (Å²) in [6.07, 6.45) is 1.37. The van der Waals surface area contributed by atoms with Crippen LogP contribution in [0, 0.1) is 5.82 Å². The van der Waals surface area contributed by atoms with E-state index in [2.05, 4.69) is 20.6 Å². The minimum Gasteiger partial charge on any atom is -0.504 e. The maximum Gasteiger partial charge on any atom is 0.274 e. The van der Waals surface area contributed by atoms with Gasteiger partial charge in [-0.25, -0.2) is 22.1 Å². The molecule has 3 N–H and O–H groups in total. The van der Waals surface area contributed by atoms with Gasteiger partial charge < -0.3 is 15.7 Å². The third-order valence-corrected chi connectivity index (χ3v) is 6.53. The molecule has 166 valence electrons. The molecule has 3 heterocycles. The number of anilines is 1. The molecule has 2 amide bonds. The molecule has 32 heavy (non-hydrogen) atoms. The molecule has 0 bridgehead atoms. The summed E-state index contributed by atoms with van der Waals surface area (Å²) in [7, 11) is -3.94. The van der Waals surface area contributed by atoms with Crippen LogP contribution in [-0.2, 0) is 21.4 Å². The van der Waals surface area contributed by atoms with Gasteiger partial charge in [0.15, 0.2) is 17.3 Å². The molecule has 10 nitrogen and oxygen atoms in total. The fourth-order valence-corrected chi connectivity index (χ4v) is 4.54. The van der Waals surface area contributed by atoms with Gasteiger partial charge in [-0.1, -0.05) is 12.1 Å². The maximum atomic E-state index is 13.1. The Hall–Kier alpha value is -3.80. The molecule has 2 aromatic heterocycles. The highest BCUT2D eigenvalue weighted by Gasteiger charge is 2.32. The Labute approximate surface area is 182 Å². The SMILES string of the molecule is O=C1CN(c2nc(C(=O)NCc3ccc(F)cc3)c(O)c3ncccc23)S(=O)(=O)CCN1. The molecule has 1 aliphatic heterocycles. The van der Waals surface area contributed by atoms with Crippen molar-refractivity contribution in [2.24, 2.45) is 0 Å². The van der Waals surface area contributed by atoms with Gasteiger partial charge in [-0.15, -0.1) is 0 Å². The Balaban J connectivity index is 1.77. The van der Waals surface area contributed by atoms with E-state index in [0.717, 1.165) is 4.31 Å². The smallest absolute Gasteiger partial charge is 0.274 e. The van der Waals surface area contributed by atoms with Crippen LogP contribution in [0.5, 0.6) is 5.75 Å². The zero-order chi connectivity index (χ0) is 22.9. The van der Waals surface area contributed by atoms with Gasteiger partial charge in [0.2, 0.25) is 15.9 Å². The van der Waals surface area contributed by atoms with Crippen molar-refractivity contribution in [2.75, 3.05) is 23.1 Å². The van der Waals surface area contributed by atoms with E-state index >= 15 is 0 Å². The summed E-state index contributed by atoms with van der Waals surface area (Å²) in [6, 6.07) is 8.46. The Morgan fingerprint density at radius 3 is 2.75 bits per heavy atom. The van der Waals surface area contributed by atoms with E-state index < -0.39 is 45.6 Å². The zero-order valence-corrected chi connectivity index (χ0v) is 17.4. The zero-order valence-electron chi connectivity index (χ0n) is 16.6. The fraction of sp³-hybridized carbons (Fsp3) is 0.200. The lowest BCUT2D eigenvalue weighted by Gasteiger charge is -2.22. The molecule has 1 aromatic carbocycles. The van der Waals surface area contributed by atoms with Crippen molar-refractivity contribution < 1.29 is 27.5 Å². The molecule has 0 unspecified atom stereocenters. The van der Waals surface area contributed by atoms with Crippen molar-refractivity contribution in [3.05, 3.63) is 59.7 Å². The number of aromatic hydroxyl groups is 1. The summed E-state index contributed by atoms with van der Waals surface area (Å²) in [5.74, 6) is -2.81. The van der Waals surface area contributed by atoms with Crippen LogP contribution in [0.25, 0.3) is 10.9 Å². The molecule has 0 atom stereocenters. The van der Waals surface area contributed by atoms with Crippen LogP contribution in [0.15, 0.2) is 42.6 Å². The van der Waals surface area contributed by atoms with Crippen LogP contribution in [0.1, 0.15) is 16.1 Å². The average Bonchev–Trinajstić information content (AvgIpc) is 2.90. The van der Waals surface area contributed by atoms with Crippen molar-refractivity contribution in [1.82, 2.24) is 20.6 Å². The number of carbonyl (C=O) groups is 2. The number of hydrogen-bond acceptors (Lipinski definition) is 7. The van der Waals surface area contributed by atoms with Crippen LogP contribution in [-0.4, -0.2) is 54.1 Å². The second-order valence-electron chi connectivity index (χ2n) is 7.01. The number of benzene rings is 1. The van der Waals surface area contributed by atoms with Crippen LogP contribution in [0.3, 0.4) is 0 Å². The van der Waals surface area contributed by atoms with E-state index in [1.165, 1.54) is 42.6 Å². The quantitative estimate of drug-likeness (QED) is 0.521. The number of rotatable bonds is 4. The average molecular weight is 459 g/mol. The van der Waals surface area contributed by atoms with E-state index in [9.17, 15) is 27.5 Å². The Bertz CT molecular complexity index is 1310. The number of sulfonamides is 1. The standard InChI is InChI=1S/C20H18FN5O5S/c21-13-5-3-12(4-6-13)10-24-20(29)17-18(28)16-14(2-1-7-23-16)19(25-17)26-11-15(27)22-8-9-32(26,30)31/h1-7,28H,8-11H2,(H,22,27)(H,24,29). The number of halogens is 1. The van der Waals surface area contributed by atoms with Crippen molar-refractivity contribution in [3.63, 3.8) is 0 Å². The second kappa shape index (κ2) is 8.38. The van der Waals surface area contributed by atoms with Gasteiger partial charge >= 0.3 is 0 Å². The summed E-state index contributed by atoms with van der Waals surface area (Å²) in [5, 5.41) is 15.8. The van der Waals surface area contributed by atoms with Gasteiger partial charge in [0.05, 0.1) is 5.75 Å². The molecule has 1 aliphatic rings. The fourth-order valence-electron chi connectivity index (χ4n) is 3.24. The highest BCUT2D eigenvalue weighted by atomic mass is 32.2. The normalized spacial score (nSPS) is 15.8. The van der Waals surface area contributed by atoms with Gasteiger partial charge in [0, 0.05) is 24.7 Å². The molecule has 3 aromatic rings. The monoisotopic (exact) mass is 459 g/mol. The van der Waals surface area contributed by atoms with Crippen LogP contribution >= 0.6 is 0 Å². The predicted octanol–water partition coefficient (Wildman–Crippen LogP) is 0.670. The summed E-state index contributed by atoms with van der Waals surface area (Å²) in [5.41, 5.74) is 0.114. The maximum absolute atomic E-state index is 13.1. The highest BCUT2D eigenvalue weighted by molar-refractivity contribution is 7.92. The van der Waals surface area contributed by atoms with E-state index in [-0.39, 0.29) is 35.6 Å². The summed E-state index contributed by atoms with van der Waals surface area (Å²) >= 11 is 0. The van der Waals surface area contributed by atoms with Gasteiger partial charge in [-0.2, -0.15) is 0 Å². The number of amides is 2. The molecule has 0 aliphatic carbocycles. The topological polar surface area (TPSA) is 142 Å². The van der Waals surface area contributed by atoms with Gasteiger partial charge in [0.25, 0.3) is 5.91 Å². The minimum atomic E-state index is -3.94. The van der Waals surface area contributed by atoms with Crippen molar-refractivity contribution in [2.45, 2.75) is 6.54 Å². The first kappa shape index (κ1) is 21.4. The molecule has 0 spiro atoms. The summed E-state index contributed by atoms with van der Waals surface area (Å²) in [4.78, 5) is 33.0. The first-order valence-corrected chi connectivity index (χ1v) is 11.1. The van der Waals surface area contributed by atoms with Gasteiger partial charge in [-0.3, -0.25) is 14.6 Å². The summed E-state index contributed by atoms with van der Waals surface area (Å²) in [6.45, 7) is -0.571. The van der Waals surface area contributed by atoms with Gasteiger partial charge in [-0.05, 0) is 29.8 Å². The Morgan fingerprint density at radius 1 is 1.25 bits per heavy atom. The second-order valence-corrected chi connectivity index (χ2v) is 9.03. The number of aromatic nitrogens is 2.